The number of ketones is 1. The van der Waals surface area contributed by atoms with Crippen LogP contribution in [-0.4, -0.2) is 5.78 Å². The van der Waals surface area contributed by atoms with Crippen molar-refractivity contribution < 1.29 is 27.1 Å². The average Bonchev–Trinajstić information content (AvgIpc) is 2.92. The number of Topliss-reactive ketones (excluding diaryl/α,β-unsaturated/α-hetero) is 1. The van der Waals surface area contributed by atoms with Crippen LogP contribution in [-0.2, 0) is 17.6 Å². The second kappa shape index (κ2) is 10.9. The van der Waals surface area contributed by atoms with Gasteiger partial charge in [-0.1, -0.05) is 26.0 Å². The van der Waals surface area contributed by atoms with Gasteiger partial charge < -0.3 is 10.5 Å². The highest BCUT2D eigenvalue weighted by Crippen LogP contribution is 2.51. The largest absolute Gasteiger partial charge is 0.489 e. The van der Waals surface area contributed by atoms with Crippen molar-refractivity contribution >= 4 is 11.5 Å². The third-order valence-electron chi connectivity index (χ3n) is 8.08. The Morgan fingerprint density at radius 1 is 1.02 bits per heavy atom. The minimum absolute atomic E-state index is 0.0700. The molecule has 1 unspecified atom stereocenters. The minimum Gasteiger partial charge on any atom is -0.489 e. The van der Waals surface area contributed by atoms with Crippen molar-refractivity contribution in [3.8, 4) is 11.8 Å². The van der Waals surface area contributed by atoms with Crippen LogP contribution in [0.1, 0.15) is 60.4 Å². The standard InChI is InChI=1S/C34H31F4N3O2/c1-19-13-20(2)26(14-21(19)18-43-25-11-7-23(35)8-12-25)30-27(17-39)32(40)41(24-9-5-22(6-10-24)34(36,37)38)28-15-33(3,4)16-29(42)31(28)30/h5-14,30H,15-16,18,40H2,1-4H3. The number of allylic oxidation sites excluding steroid dienone is 3. The molecular formula is C34H31F4N3O2. The molecule has 43 heavy (non-hydrogen) atoms. The summed E-state index contributed by atoms with van der Waals surface area (Å²) in [6.45, 7) is 7.91. The molecule has 3 aromatic rings. The minimum atomic E-state index is -4.51. The van der Waals surface area contributed by atoms with Gasteiger partial charge in [0.25, 0.3) is 0 Å². The monoisotopic (exact) mass is 589 g/mol. The fraction of sp³-hybridized carbons (Fsp3) is 0.294. The Morgan fingerprint density at radius 2 is 1.67 bits per heavy atom. The topological polar surface area (TPSA) is 79.4 Å². The molecule has 1 atom stereocenters. The van der Waals surface area contributed by atoms with E-state index in [-0.39, 0.29) is 36.0 Å². The van der Waals surface area contributed by atoms with E-state index >= 15 is 0 Å². The Bertz CT molecular complexity index is 1700. The van der Waals surface area contributed by atoms with Crippen LogP contribution in [0.5, 0.6) is 5.75 Å². The number of carbonyl (C=O) groups excluding carboxylic acids is 1. The second-order valence-corrected chi connectivity index (χ2v) is 11.9. The SMILES string of the molecule is Cc1cc(C)c(C2C(C#N)=C(N)N(c3ccc(C(F)(F)F)cc3)C3=C2C(=O)CC(C)(C)C3)cc1COc1ccc(F)cc1. The molecule has 222 valence electrons. The fourth-order valence-corrected chi connectivity index (χ4v) is 5.99. The maximum Gasteiger partial charge on any atom is 0.416 e. The van der Waals surface area contributed by atoms with Crippen molar-refractivity contribution in [3.05, 3.63) is 117 Å². The number of ether oxygens (including phenoxy) is 1. The molecule has 0 aromatic heterocycles. The number of hydrogen-bond donors (Lipinski definition) is 1. The van der Waals surface area contributed by atoms with Gasteiger partial charge in [0.05, 0.1) is 23.1 Å². The molecule has 1 heterocycles. The summed E-state index contributed by atoms with van der Waals surface area (Å²) in [6, 6.07) is 16.3. The molecule has 0 fully saturated rings. The van der Waals surface area contributed by atoms with Gasteiger partial charge in [-0.05, 0) is 96.5 Å². The van der Waals surface area contributed by atoms with Crippen LogP contribution in [0.25, 0.3) is 0 Å². The van der Waals surface area contributed by atoms with E-state index in [2.05, 4.69) is 6.07 Å². The third-order valence-corrected chi connectivity index (χ3v) is 8.08. The summed E-state index contributed by atoms with van der Waals surface area (Å²) in [5.41, 5.74) is 10.2. The smallest absolute Gasteiger partial charge is 0.416 e. The lowest BCUT2D eigenvalue weighted by molar-refractivity contribution is -0.137. The van der Waals surface area contributed by atoms with Gasteiger partial charge >= 0.3 is 6.18 Å². The van der Waals surface area contributed by atoms with Crippen molar-refractivity contribution in [1.29, 1.82) is 5.26 Å². The summed E-state index contributed by atoms with van der Waals surface area (Å²) in [5.74, 6) is -0.719. The van der Waals surface area contributed by atoms with E-state index in [9.17, 15) is 27.6 Å². The molecule has 2 N–H and O–H groups in total. The van der Waals surface area contributed by atoms with Crippen molar-refractivity contribution in [2.24, 2.45) is 11.1 Å². The van der Waals surface area contributed by atoms with Crippen LogP contribution in [0.2, 0.25) is 0 Å². The first-order chi connectivity index (χ1) is 20.2. The summed E-state index contributed by atoms with van der Waals surface area (Å²) in [4.78, 5) is 15.5. The predicted octanol–water partition coefficient (Wildman–Crippen LogP) is 7.98. The number of rotatable bonds is 5. The lowest BCUT2D eigenvalue weighted by Crippen LogP contribution is -2.42. The van der Waals surface area contributed by atoms with Gasteiger partial charge in [-0.25, -0.2) is 4.39 Å². The Hall–Kier alpha value is -4.58. The van der Waals surface area contributed by atoms with Crippen LogP contribution < -0.4 is 15.4 Å². The van der Waals surface area contributed by atoms with Gasteiger partial charge in [0, 0.05) is 23.4 Å². The summed E-state index contributed by atoms with van der Waals surface area (Å²) < 4.78 is 59.2. The molecule has 1 aliphatic carbocycles. The third kappa shape index (κ3) is 5.74. The van der Waals surface area contributed by atoms with Gasteiger partial charge in [0.2, 0.25) is 0 Å². The van der Waals surface area contributed by atoms with E-state index in [1.807, 2.05) is 39.8 Å². The number of aryl methyl sites for hydroxylation is 2. The molecule has 3 aromatic carbocycles. The highest BCUT2D eigenvalue weighted by Gasteiger charge is 2.45. The number of nitrogens with zero attached hydrogens (tertiary/aromatic N) is 2. The summed E-state index contributed by atoms with van der Waals surface area (Å²) in [7, 11) is 0. The number of carbonyl (C=O) groups is 1. The van der Waals surface area contributed by atoms with Gasteiger partial charge in [-0.2, -0.15) is 18.4 Å². The number of nitriles is 1. The van der Waals surface area contributed by atoms with Crippen LogP contribution in [0.3, 0.4) is 0 Å². The second-order valence-electron chi connectivity index (χ2n) is 11.9. The molecule has 0 radical (unpaired) electrons. The number of anilines is 1. The van der Waals surface area contributed by atoms with Crippen molar-refractivity contribution in [2.75, 3.05) is 4.90 Å². The van der Waals surface area contributed by atoms with E-state index in [0.29, 0.717) is 29.1 Å². The predicted molar refractivity (Wildman–Crippen MR) is 155 cm³/mol. The maximum absolute atomic E-state index is 13.9. The number of nitrogens with two attached hydrogens (primary N) is 1. The zero-order chi connectivity index (χ0) is 31.3. The molecule has 5 nitrogen and oxygen atoms in total. The zero-order valence-electron chi connectivity index (χ0n) is 24.3. The normalized spacial score (nSPS) is 18.4. The van der Waals surface area contributed by atoms with E-state index < -0.39 is 23.1 Å². The number of benzene rings is 3. The quantitative estimate of drug-likeness (QED) is 0.305. The first-order valence-electron chi connectivity index (χ1n) is 13.8. The lowest BCUT2D eigenvalue weighted by Gasteiger charge is -2.44. The van der Waals surface area contributed by atoms with Crippen molar-refractivity contribution in [2.45, 2.75) is 59.2 Å². The molecule has 1 aliphatic heterocycles. The number of alkyl halides is 3. The Morgan fingerprint density at radius 3 is 2.28 bits per heavy atom. The number of halogens is 4. The molecule has 0 bridgehead atoms. The molecule has 2 aliphatic rings. The molecule has 0 saturated heterocycles. The molecule has 0 saturated carbocycles. The highest BCUT2D eigenvalue weighted by atomic mass is 19.4. The fourth-order valence-electron chi connectivity index (χ4n) is 5.99. The summed E-state index contributed by atoms with van der Waals surface area (Å²) in [6.07, 6.45) is -3.84. The Balaban J connectivity index is 1.64. The van der Waals surface area contributed by atoms with Gasteiger partial charge in [0.15, 0.2) is 5.78 Å². The molecule has 5 rings (SSSR count). The summed E-state index contributed by atoms with van der Waals surface area (Å²) >= 11 is 0. The number of hydrogen-bond acceptors (Lipinski definition) is 5. The lowest BCUT2D eigenvalue weighted by atomic mass is 9.68. The highest BCUT2D eigenvalue weighted by molar-refractivity contribution is 6.01. The van der Waals surface area contributed by atoms with Crippen LogP contribution in [0.4, 0.5) is 23.2 Å². The summed E-state index contributed by atoms with van der Waals surface area (Å²) in [5, 5.41) is 10.4. The Kier molecular flexibility index (Phi) is 7.59. The zero-order valence-corrected chi connectivity index (χ0v) is 24.3. The first-order valence-corrected chi connectivity index (χ1v) is 13.8. The molecule has 0 amide bonds. The van der Waals surface area contributed by atoms with Gasteiger partial charge in [-0.15, -0.1) is 0 Å². The maximum atomic E-state index is 13.9. The van der Waals surface area contributed by atoms with E-state index in [1.165, 1.54) is 36.4 Å². The van der Waals surface area contributed by atoms with Crippen LogP contribution in [0.15, 0.2) is 83.3 Å². The van der Waals surface area contributed by atoms with E-state index in [4.69, 9.17) is 10.5 Å². The molecule has 9 heteroatoms. The van der Waals surface area contributed by atoms with Crippen LogP contribution in [0, 0.1) is 36.4 Å². The Labute approximate surface area is 247 Å². The first kappa shape index (κ1) is 29.9. The van der Waals surface area contributed by atoms with Gasteiger partial charge in [-0.3, -0.25) is 9.69 Å². The van der Waals surface area contributed by atoms with Crippen LogP contribution >= 0.6 is 0 Å². The van der Waals surface area contributed by atoms with Crippen molar-refractivity contribution in [3.63, 3.8) is 0 Å². The average molecular weight is 590 g/mol. The molecule has 0 spiro atoms. The van der Waals surface area contributed by atoms with E-state index in [0.717, 1.165) is 34.4 Å². The van der Waals surface area contributed by atoms with Gasteiger partial charge in [0.1, 0.15) is 24.0 Å². The molecular weight excluding hydrogens is 558 g/mol. The van der Waals surface area contributed by atoms with Crippen molar-refractivity contribution in [1.82, 2.24) is 0 Å². The van der Waals surface area contributed by atoms with E-state index in [1.54, 1.807) is 4.90 Å².